The molecule has 2 heteroatoms. The first-order valence-corrected chi connectivity index (χ1v) is 3.88. The van der Waals surface area contributed by atoms with Crippen molar-refractivity contribution in [2.45, 2.75) is 38.7 Å². The van der Waals surface area contributed by atoms with Crippen LogP contribution in [0.2, 0.25) is 0 Å². The Kier molecular flexibility index (Phi) is 2.44. The predicted molar refractivity (Wildman–Crippen MR) is 38.6 cm³/mol. The van der Waals surface area contributed by atoms with Gasteiger partial charge in [0.25, 0.3) is 0 Å². The SMILES string of the molecule is CC(=O)[C@H]1CC[C@@H](O)CC1. The summed E-state index contributed by atoms with van der Waals surface area (Å²) in [5, 5.41) is 9.10. The number of hydrogen-bond donors (Lipinski definition) is 1. The molecule has 0 radical (unpaired) electrons. The lowest BCUT2D eigenvalue weighted by molar-refractivity contribution is -0.122. The molecule has 2 nitrogen and oxygen atoms in total. The summed E-state index contributed by atoms with van der Waals surface area (Å²) in [6.45, 7) is 1.64. The second kappa shape index (κ2) is 3.15. The fourth-order valence-electron chi connectivity index (χ4n) is 1.48. The minimum absolute atomic E-state index is 0.143. The minimum Gasteiger partial charge on any atom is -0.393 e. The number of ketones is 1. The fourth-order valence-corrected chi connectivity index (χ4v) is 1.48. The van der Waals surface area contributed by atoms with Gasteiger partial charge in [-0.15, -0.1) is 0 Å². The highest BCUT2D eigenvalue weighted by Crippen LogP contribution is 2.24. The van der Waals surface area contributed by atoms with E-state index in [1.54, 1.807) is 6.92 Å². The van der Waals surface area contributed by atoms with Crippen LogP contribution >= 0.6 is 0 Å². The number of aliphatic hydroxyl groups excluding tert-OH is 1. The third-order valence-electron chi connectivity index (χ3n) is 2.27. The van der Waals surface area contributed by atoms with E-state index in [1.807, 2.05) is 0 Å². The second-order valence-corrected chi connectivity index (χ2v) is 3.12. The number of hydrogen-bond acceptors (Lipinski definition) is 2. The molecule has 0 heterocycles. The third kappa shape index (κ3) is 1.81. The summed E-state index contributed by atoms with van der Waals surface area (Å²) in [6.07, 6.45) is 3.25. The van der Waals surface area contributed by atoms with Gasteiger partial charge in [-0.3, -0.25) is 4.79 Å². The lowest BCUT2D eigenvalue weighted by Crippen LogP contribution is -2.22. The molecule has 1 rings (SSSR count). The van der Waals surface area contributed by atoms with E-state index in [1.165, 1.54) is 0 Å². The van der Waals surface area contributed by atoms with Crippen LogP contribution < -0.4 is 0 Å². The second-order valence-electron chi connectivity index (χ2n) is 3.12. The molecule has 1 saturated carbocycles. The Hall–Kier alpha value is -0.370. The summed E-state index contributed by atoms with van der Waals surface area (Å²) < 4.78 is 0. The van der Waals surface area contributed by atoms with Crippen LogP contribution in [-0.4, -0.2) is 17.0 Å². The lowest BCUT2D eigenvalue weighted by atomic mass is 9.85. The lowest BCUT2D eigenvalue weighted by Gasteiger charge is -2.22. The molecule has 0 saturated heterocycles. The molecule has 0 unspecified atom stereocenters. The normalized spacial score (nSPS) is 33.8. The number of carbonyl (C=O) groups is 1. The number of Topliss-reactive ketones (excluding diaryl/α,β-unsaturated/α-hetero) is 1. The zero-order valence-electron chi connectivity index (χ0n) is 6.34. The molecule has 0 atom stereocenters. The summed E-state index contributed by atoms with van der Waals surface area (Å²) in [5.41, 5.74) is 0. The Balaban J connectivity index is 2.33. The largest absolute Gasteiger partial charge is 0.393 e. The van der Waals surface area contributed by atoms with Crippen molar-refractivity contribution in [2.24, 2.45) is 5.92 Å². The van der Waals surface area contributed by atoms with Gasteiger partial charge in [0.1, 0.15) is 5.78 Å². The minimum atomic E-state index is -0.143. The van der Waals surface area contributed by atoms with E-state index in [2.05, 4.69) is 0 Å². The quantitative estimate of drug-likeness (QED) is 0.595. The zero-order valence-corrected chi connectivity index (χ0v) is 6.34. The highest BCUT2D eigenvalue weighted by molar-refractivity contribution is 5.78. The van der Waals surface area contributed by atoms with Gasteiger partial charge < -0.3 is 5.11 Å². The van der Waals surface area contributed by atoms with E-state index in [-0.39, 0.29) is 17.8 Å². The van der Waals surface area contributed by atoms with Gasteiger partial charge in [0.15, 0.2) is 0 Å². The molecule has 1 aliphatic rings. The van der Waals surface area contributed by atoms with Crippen LogP contribution in [0.1, 0.15) is 32.6 Å². The average molecular weight is 142 g/mol. The Morgan fingerprint density at radius 1 is 1.30 bits per heavy atom. The molecule has 1 aliphatic carbocycles. The van der Waals surface area contributed by atoms with E-state index >= 15 is 0 Å². The van der Waals surface area contributed by atoms with E-state index in [4.69, 9.17) is 5.11 Å². The van der Waals surface area contributed by atoms with Crippen LogP contribution in [0.25, 0.3) is 0 Å². The first kappa shape index (κ1) is 7.73. The molecule has 0 aromatic rings. The highest BCUT2D eigenvalue weighted by Gasteiger charge is 2.21. The Labute approximate surface area is 61.2 Å². The fraction of sp³-hybridized carbons (Fsp3) is 0.875. The van der Waals surface area contributed by atoms with E-state index in [0.717, 1.165) is 25.7 Å². The van der Waals surface area contributed by atoms with Crippen LogP contribution in [0.3, 0.4) is 0 Å². The molecule has 10 heavy (non-hydrogen) atoms. The van der Waals surface area contributed by atoms with Gasteiger partial charge >= 0.3 is 0 Å². The first-order chi connectivity index (χ1) is 4.70. The van der Waals surface area contributed by atoms with Crippen molar-refractivity contribution in [3.8, 4) is 0 Å². The van der Waals surface area contributed by atoms with E-state index < -0.39 is 0 Å². The summed E-state index contributed by atoms with van der Waals surface area (Å²) in [6, 6.07) is 0. The number of rotatable bonds is 1. The van der Waals surface area contributed by atoms with Gasteiger partial charge in [-0.05, 0) is 32.6 Å². The molecule has 0 aliphatic heterocycles. The summed E-state index contributed by atoms with van der Waals surface area (Å²) in [5.74, 6) is 0.523. The van der Waals surface area contributed by atoms with Crippen LogP contribution in [0.4, 0.5) is 0 Å². The van der Waals surface area contributed by atoms with Crippen molar-refractivity contribution in [1.29, 1.82) is 0 Å². The zero-order chi connectivity index (χ0) is 7.56. The van der Waals surface area contributed by atoms with E-state index in [0.29, 0.717) is 0 Å². The van der Waals surface area contributed by atoms with Crippen LogP contribution in [0, 0.1) is 5.92 Å². The van der Waals surface area contributed by atoms with Crippen LogP contribution in [0.15, 0.2) is 0 Å². The summed E-state index contributed by atoms with van der Waals surface area (Å²) in [7, 11) is 0. The topological polar surface area (TPSA) is 37.3 Å². The van der Waals surface area contributed by atoms with Gasteiger partial charge in [-0.1, -0.05) is 0 Å². The van der Waals surface area contributed by atoms with Crippen molar-refractivity contribution in [3.05, 3.63) is 0 Å². The molecule has 0 spiro atoms. The van der Waals surface area contributed by atoms with Gasteiger partial charge in [-0.2, -0.15) is 0 Å². The van der Waals surface area contributed by atoms with Crippen molar-refractivity contribution in [1.82, 2.24) is 0 Å². The van der Waals surface area contributed by atoms with Gasteiger partial charge in [0.2, 0.25) is 0 Å². The first-order valence-electron chi connectivity index (χ1n) is 3.88. The standard InChI is InChI=1S/C8H14O2/c1-6(9)7-2-4-8(10)5-3-7/h7-8,10H,2-5H2,1H3/t7-,8+. The van der Waals surface area contributed by atoms with Gasteiger partial charge in [0, 0.05) is 5.92 Å². The van der Waals surface area contributed by atoms with Crippen molar-refractivity contribution in [2.75, 3.05) is 0 Å². The molecule has 58 valence electrons. The Bertz CT molecular complexity index is 123. The Morgan fingerprint density at radius 2 is 1.80 bits per heavy atom. The van der Waals surface area contributed by atoms with Crippen molar-refractivity contribution in [3.63, 3.8) is 0 Å². The highest BCUT2D eigenvalue weighted by atomic mass is 16.3. The smallest absolute Gasteiger partial charge is 0.132 e. The van der Waals surface area contributed by atoms with Crippen LogP contribution in [-0.2, 0) is 4.79 Å². The molecule has 1 N–H and O–H groups in total. The average Bonchev–Trinajstić information content (AvgIpc) is 1.88. The summed E-state index contributed by atoms with van der Waals surface area (Å²) in [4.78, 5) is 10.8. The monoisotopic (exact) mass is 142 g/mol. The van der Waals surface area contributed by atoms with Crippen molar-refractivity contribution >= 4 is 5.78 Å². The summed E-state index contributed by atoms with van der Waals surface area (Å²) >= 11 is 0. The third-order valence-corrected chi connectivity index (χ3v) is 2.27. The Morgan fingerprint density at radius 3 is 2.20 bits per heavy atom. The maximum absolute atomic E-state index is 10.8. The van der Waals surface area contributed by atoms with Crippen LogP contribution in [0.5, 0.6) is 0 Å². The molecule has 0 aromatic heterocycles. The molecule has 0 aromatic carbocycles. The molecular formula is C8H14O2. The molecule has 0 bridgehead atoms. The van der Waals surface area contributed by atoms with Gasteiger partial charge in [0.05, 0.1) is 6.10 Å². The maximum Gasteiger partial charge on any atom is 0.132 e. The number of aliphatic hydroxyl groups is 1. The van der Waals surface area contributed by atoms with E-state index in [9.17, 15) is 4.79 Å². The number of carbonyl (C=O) groups excluding carboxylic acids is 1. The van der Waals surface area contributed by atoms with Gasteiger partial charge in [-0.25, -0.2) is 0 Å². The maximum atomic E-state index is 10.8. The molecular weight excluding hydrogens is 128 g/mol. The molecule has 0 amide bonds. The predicted octanol–water partition coefficient (Wildman–Crippen LogP) is 1.13. The molecule has 1 fully saturated rings. The van der Waals surface area contributed by atoms with Crippen molar-refractivity contribution < 1.29 is 9.90 Å².